The predicted octanol–water partition coefficient (Wildman–Crippen LogP) is 2.14. The van der Waals surface area contributed by atoms with Gasteiger partial charge in [-0.3, -0.25) is 9.59 Å². The summed E-state index contributed by atoms with van der Waals surface area (Å²) in [7, 11) is 2.85. The summed E-state index contributed by atoms with van der Waals surface area (Å²) >= 11 is 3.31. The van der Waals surface area contributed by atoms with Crippen LogP contribution in [0.1, 0.15) is 23.7 Å². The summed E-state index contributed by atoms with van der Waals surface area (Å²) in [5, 5.41) is 2.73. The molecule has 19 heavy (non-hydrogen) atoms. The van der Waals surface area contributed by atoms with E-state index in [1.54, 1.807) is 25.1 Å². The van der Waals surface area contributed by atoms with Crippen LogP contribution in [0.4, 0.5) is 0 Å². The van der Waals surface area contributed by atoms with Gasteiger partial charge in [-0.1, -0.05) is 0 Å². The molecule has 0 aromatic heterocycles. The van der Waals surface area contributed by atoms with Crippen LogP contribution in [0, 0.1) is 0 Å². The van der Waals surface area contributed by atoms with Crippen molar-refractivity contribution in [2.75, 3.05) is 14.2 Å². The number of carbonyl (C=O) groups excluding carboxylic acids is 2. The smallest absolute Gasteiger partial charge is 0.307 e. The number of methoxy groups -OCH3 is 2. The van der Waals surface area contributed by atoms with E-state index in [2.05, 4.69) is 26.0 Å². The van der Waals surface area contributed by atoms with E-state index in [9.17, 15) is 9.59 Å². The number of benzene rings is 1. The Bertz CT molecular complexity index is 476. The van der Waals surface area contributed by atoms with Gasteiger partial charge in [0.25, 0.3) is 5.91 Å². The molecule has 1 amide bonds. The van der Waals surface area contributed by atoms with Crippen LogP contribution in [0.25, 0.3) is 0 Å². The molecule has 5 nitrogen and oxygen atoms in total. The van der Waals surface area contributed by atoms with Crippen molar-refractivity contribution in [2.45, 2.75) is 19.4 Å². The number of ether oxygens (including phenoxy) is 2. The van der Waals surface area contributed by atoms with E-state index in [0.717, 1.165) is 0 Å². The van der Waals surface area contributed by atoms with Crippen LogP contribution in [0.5, 0.6) is 5.75 Å². The molecule has 1 rings (SSSR count). The van der Waals surface area contributed by atoms with Crippen LogP contribution in [0.15, 0.2) is 22.7 Å². The number of hydrogen-bond donors (Lipinski definition) is 1. The van der Waals surface area contributed by atoms with Crippen molar-refractivity contribution in [1.29, 1.82) is 0 Å². The van der Waals surface area contributed by atoms with Crippen molar-refractivity contribution in [3.8, 4) is 5.75 Å². The Labute approximate surface area is 120 Å². The quantitative estimate of drug-likeness (QED) is 0.840. The zero-order valence-electron chi connectivity index (χ0n) is 11.0. The molecule has 0 spiro atoms. The second kappa shape index (κ2) is 7.13. The van der Waals surface area contributed by atoms with Crippen molar-refractivity contribution in [3.63, 3.8) is 0 Å². The van der Waals surface area contributed by atoms with Crippen molar-refractivity contribution in [3.05, 3.63) is 28.2 Å². The van der Waals surface area contributed by atoms with Crippen molar-refractivity contribution >= 4 is 27.8 Å². The maximum absolute atomic E-state index is 12.1. The summed E-state index contributed by atoms with van der Waals surface area (Å²) in [4.78, 5) is 23.2. The van der Waals surface area contributed by atoms with E-state index < -0.39 is 0 Å². The monoisotopic (exact) mass is 329 g/mol. The molecule has 1 aromatic rings. The fraction of sp³-hybridized carbons (Fsp3) is 0.385. The summed E-state index contributed by atoms with van der Waals surface area (Å²) < 4.78 is 10.3. The summed E-state index contributed by atoms with van der Waals surface area (Å²) in [5.41, 5.74) is 0.455. The number of nitrogens with one attached hydrogen (secondary N) is 1. The van der Waals surface area contributed by atoms with Crippen LogP contribution in [0.2, 0.25) is 0 Å². The van der Waals surface area contributed by atoms with Gasteiger partial charge >= 0.3 is 5.97 Å². The lowest BCUT2D eigenvalue weighted by Gasteiger charge is -2.14. The minimum Gasteiger partial charge on any atom is -0.497 e. The normalized spacial score (nSPS) is 11.6. The average molecular weight is 330 g/mol. The zero-order chi connectivity index (χ0) is 14.4. The van der Waals surface area contributed by atoms with E-state index in [0.29, 0.717) is 15.8 Å². The lowest BCUT2D eigenvalue weighted by atomic mass is 10.1. The lowest BCUT2D eigenvalue weighted by Crippen LogP contribution is -2.34. The number of hydrogen-bond acceptors (Lipinski definition) is 4. The molecular formula is C13H16BrNO4. The second-order valence-electron chi connectivity index (χ2n) is 4.00. The first-order valence-corrected chi connectivity index (χ1v) is 6.48. The molecule has 1 atom stereocenters. The largest absolute Gasteiger partial charge is 0.497 e. The Kier molecular flexibility index (Phi) is 5.82. The minimum atomic E-state index is -0.363. The standard InChI is InChI=1S/C13H16BrNO4/c1-8(6-12(16)19-3)15-13(17)10-7-9(18-2)4-5-11(10)14/h4-5,7-8H,6H2,1-3H3,(H,15,17). The zero-order valence-corrected chi connectivity index (χ0v) is 12.6. The van der Waals surface area contributed by atoms with Gasteiger partial charge in [0.1, 0.15) is 5.75 Å². The van der Waals surface area contributed by atoms with Gasteiger partial charge in [-0.15, -0.1) is 0 Å². The van der Waals surface area contributed by atoms with E-state index in [-0.39, 0.29) is 24.3 Å². The maximum atomic E-state index is 12.1. The number of halogens is 1. The summed E-state index contributed by atoms with van der Waals surface area (Å²) in [6, 6.07) is 4.81. The first-order valence-electron chi connectivity index (χ1n) is 5.69. The van der Waals surface area contributed by atoms with Gasteiger partial charge in [0.05, 0.1) is 26.2 Å². The highest BCUT2D eigenvalue weighted by molar-refractivity contribution is 9.10. The third-order valence-electron chi connectivity index (χ3n) is 2.50. The number of amides is 1. The highest BCUT2D eigenvalue weighted by Gasteiger charge is 2.16. The van der Waals surface area contributed by atoms with Crippen LogP contribution in [0.3, 0.4) is 0 Å². The van der Waals surface area contributed by atoms with Gasteiger partial charge in [0.2, 0.25) is 0 Å². The van der Waals surface area contributed by atoms with Crippen LogP contribution in [-0.2, 0) is 9.53 Å². The Morgan fingerprint density at radius 1 is 1.37 bits per heavy atom. The highest BCUT2D eigenvalue weighted by atomic mass is 79.9. The van der Waals surface area contributed by atoms with E-state index in [4.69, 9.17) is 4.74 Å². The molecule has 1 unspecified atom stereocenters. The number of esters is 1. The lowest BCUT2D eigenvalue weighted by molar-refractivity contribution is -0.141. The molecule has 0 aliphatic carbocycles. The number of rotatable bonds is 5. The van der Waals surface area contributed by atoms with Crippen LogP contribution in [-0.4, -0.2) is 32.1 Å². The van der Waals surface area contributed by atoms with Crippen molar-refractivity contribution in [1.82, 2.24) is 5.32 Å². The van der Waals surface area contributed by atoms with Gasteiger partial charge in [0, 0.05) is 10.5 Å². The van der Waals surface area contributed by atoms with E-state index >= 15 is 0 Å². The Hall–Kier alpha value is -1.56. The van der Waals surface area contributed by atoms with Gasteiger partial charge in [-0.2, -0.15) is 0 Å². The molecule has 1 aromatic carbocycles. The van der Waals surface area contributed by atoms with Gasteiger partial charge in [-0.25, -0.2) is 0 Å². The summed E-state index contributed by atoms with van der Waals surface area (Å²) in [6.07, 6.45) is 0.129. The fourth-order valence-electron chi connectivity index (χ4n) is 1.49. The molecule has 0 aliphatic heterocycles. The van der Waals surface area contributed by atoms with Gasteiger partial charge in [-0.05, 0) is 41.1 Å². The minimum absolute atomic E-state index is 0.129. The Morgan fingerprint density at radius 3 is 2.63 bits per heavy atom. The van der Waals surface area contributed by atoms with E-state index in [1.807, 2.05) is 0 Å². The topological polar surface area (TPSA) is 64.6 Å². The molecule has 104 valence electrons. The molecule has 0 heterocycles. The Balaban J connectivity index is 2.75. The third-order valence-corrected chi connectivity index (χ3v) is 3.19. The first kappa shape index (κ1) is 15.5. The maximum Gasteiger partial charge on any atom is 0.307 e. The van der Waals surface area contributed by atoms with Crippen molar-refractivity contribution in [2.24, 2.45) is 0 Å². The molecule has 0 radical (unpaired) electrons. The predicted molar refractivity (Wildman–Crippen MR) is 74.3 cm³/mol. The molecule has 0 aliphatic rings. The summed E-state index contributed by atoms with van der Waals surface area (Å²) in [5.74, 6) is -0.0475. The van der Waals surface area contributed by atoms with E-state index in [1.165, 1.54) is 14.2 Å². The molecule has 6 heteroatoms. The van der Waals surface area contributed by atoms with Crippen LogP contribution < -0.4 is 10.1 Å². The molecule has 0 saturated carbocycles. The fourth-order valence-corrected chi connectivity index (χ4v) is 1.92. The third kappa shape index (κ3) is 4.55. The number of carbonyl (C=O) groups is 2. The Morgan fingerprint density at radius 2 is 2.05 bits per heavy atom. The van der Waals surface area contributed by atoms with Crippen molar-refractivity contribution < 1.29 is 19.1 Å². The average Bonchev–Trinajstić information content (AvgIpc) is 2.38. The van der Waals surface area contributed by atoms with Gasteiger partial charge in [0.15, 0.2) is 0 Å². The van der Waals surface area contributed by atoms with Gasteiger partial charge < -0.3 is 14.8 Å². The highest BCUT2D eigenvalue weighted by Crippen LogP contribution is 2.22. The molecule has 0 saturated heterocycles. The summed E-state index contributed by atoms with van der Waals surface area (Å²) in [6.45, 7) is 1.74. The molecule has 0 fully saturated rings. The molecule has 1 N–H and O–H groups in total. The molecule has 0 bridgehead atoms. The second-order valence-corrected chi connectivity index (χ2v) is 4.85. The SMILES string of the molecule is COC(=O)CC(C)NC(=O)c1cc(OC)ccc1Br. The van der Waals surface area contributed by atoms with Crippen LogP contribution >= 0.6 is 15.9 Å². The molecular weight excluding hydrogens is 314 g/mol. The first-order chi connectivity index (χ1) is 8.97.